The molecule has 1 heterocycles. The van der Waals surface area contributed by atoms with Gasteiger partial charge in [-0.3, -0.25) is 11.3 Å². The van der Waals surface area contributed by atoms with Crippen LogP contribution in [0.4, 0.5) is 0 Å². The summed E-state index contributed by atoms with van der Waals surface area (Å²) in [5.74, 6) is 6.63. The van der Waals surface area contributed by atoms with E-state index in [-0.39, 0.29) is 6.04 Å². The van der Waals surface area contributed by atoms with Crippen LogP contribution in [0.5, 0.6) is 5.75 Å². The summed E-state index contributed by atoms with van der Waals surface area (Å²) in [4.78, 5) is 0. The minimum Gasteiger partial charge on any atom is -0.493 e. The Morgan fingerprint density at radius 1 is 1.53 bits per heavy atom. The quantitative estimate of drug-likeness (QED) is 0.457. The highest BCUT2D eigenvalue weighted by Crippen LogP contribution is 2.33. The number of rotatable bonds is 7. The maximum atomic E-state index is 5.73. The van der Waals surface area contributed by atoms with E-state index in [4.69, 9.17) is 15.3 Å². The van der Waals surface area contributed by atoms with Gasteiger partial charge in [-0.2, -0.15) is 0 Å². The molecule has 3 N–H and O–H groups in total. The second-order valence-electron chi connectivity index (χ2n) is 4.79. The molecule has 1 aromatic carbocycles. The van der Waals surface area contributed by atoms with Crippen molar-refractivity contribution in [2.24, 2.45) is 5.84 Å². The summed E-state index contributed by atoms with van der Waals surface area (Å²) in [6, 6.07) is 4.34. The van der Waals surface area contributed by atoms with Crippen LogP contribution in [0, 0.1) is 0 Å². The first-order valence-corrected chi connectivity index (χ1v) is 7.51. The van der Waals surface area contributed by atoms with Crippen LogP contribution >= 0.6 is 15.9 Å². The van der Waals surface area contributed by atoms with Gasteiger partial charge in [-0.05, 0) is 36.1 Å². The summed E-state index contributed by atoms with van der Waals surface area (Å²) in [6.45, 7) is 4.25. The molecule has 19 heavy (non-hydrogen) atoms. The molecule has 1 aromatic rings. The van der Waals surface area contributed by atoms with Gasteiger partial charge in [0.1, 0.15) is 5.75 Å². The SMILES string of the molecule is CCCOCC(Cc1cc(Br)cc2c1OCC2)NN. The van der Waals surface area contributed by atoms with E-state index in [1.54, 1.807) is 0 Å². The third-order valence-electron chi connectivity index (χ3n) is 3.19. The Morgan fingerprint density at radius 2 is 2.37 bits per heavy atom. The molecule has 5 heteroatoms. The van der Waals surface area contributed by atoms with Gasteiger partial charge in [0, 0.05) is 23.5 Å². The van der Waals surface area contributed by atoms with Crippen molar-refractivity contribution < 1.29 is 9.47 Å². The highest BCUT2D eigenvalue weighted by atomic mass is 79.9. The smallest absolute Gasteiger partial charge is 0.125 e. The summed E-state index contributed by atoms with van der Waals surface area (Å²) in [5, 5.41) is 0. The zero-order chi connectivity index (χ0) is 13.7. The van der Waals surface area contributed by atoms with E-state index < -0.39 is 0 Å². The molecule has 0 spiro atoms. The van der Waals surface area contributed by atoms with Crippen molar-refractivity contribution in [3.8, 4) is 5.75 Å². The first-order chi connectivity index (χ1) is 9.24. The molecule has 0 bridgehead atoms. The van der Waals surface area contributed by atoms with Gasteiger partial charge < -0.3 is 9.47 Å². The van der Waals surface area contributed by atoms with Crippen LogP contribution in [0.2, 0.25) is 0 Å². The van der Waals surface area contributed by atoms with Crippen LogP contribution in [0.25, 0.3) is 0 Å². The van der Waals surface area contributed by atoms with Gasteiger partial charge in [-0.1, -0.05) is 22.9 Å². The van der Waals surface area contributed by atoms with Crippen LogP contribution < -0.4 is 16.0 Å². The molecule has 4 nitrogen and oxygen atoms in total. The number of nitrogens with two attached hydrogens (primary N) is 1. The summed E-state index contributed by atoms with van der Waals surface area (Å²) in [6.07, 6.45) is 2.81. The van der Waals surface area contributed by atoms with E-state index in [2.05, 4.69) is 40.4 Å². The van der Waals surface area contributed by atoms with Crippen molar-refractivity contribution in [2.75, 3.05) is 19.8 Å². The third-order valence-corrected chi connectivity index (χ3v) is 3.65. The maximum absolute atomic E-state index is 5.73. The summed E-state index contributed by atoms with van der Waals surface area (Å²) < 4.78 is 12.4. The number of hydrazine groups is 1. The van der Waals surface area contributed by atoms with Crippen molar-refractivity contribution >= 4 is 15.9 Å². The predicted octanol–water partition coefficient (Wildman–Crippen LogP) is 2.18. The molecule has 0 fully saturated rings. The van der Waals surface area contributed by atoms with Crippen LogP contribution in [-0.4, -0.2) is 25.9 Å². The number of halogens is 1. The Morgan fingerprint density at radius 3 is 3.11 bits per heavy atom. The first kappa shape index (κ1) is 14.8. The lowest BCUT2D eigenvalue weighted by Crippen LogP contribution is -2.40. The van der Waals surface area contributed by atoms with Crippen molar-refractivity contribution in [2.45, 2.75) is 32.2 Å². The molecule has 2 rings (SSSR count). The van der Waals surface area contributed by atoms with Crippen molar-refractivity contribution in [1.82, 2.24) is 5.43 Å². The van der Waals surface area contributed by atoms with Crippen LogP contribution in [-0.2, 0) is 17.6 Å². The van der Waals surface area contributed by atoms with Crippen LogP contribution in [0.15, 0.2) is 16.6 Å². The molecule has 0 saturated heterocycles. The number of hydrogen-bond acceptors (Lipinski definition) is 4. The first-order valence-electron chi connectivity index (χ1n) is 6.72. The van der Waals surface area contributed by atoms with Gasteiger partial charge in [-0.15, -0.1) is 0 Å². The molecule has 1 atom stereocenters. The second kappa shape index (κ2) is 7.24. The fraction of sp³-hybridized carbons (Fsp3) is 0.571. The van der Waals surface area contributed by atoms with Gasteiger partial charge in [0.2, 0.25) is 0 Å². The van der Waals surface area contributed by atoms with Crippen LogP contribution in [0.3, 0.4) is 0 Å². The predicted molar refractivity (Wildman–Crippen MR) is 79.3 cm³/mol. The second-order valence-corrected chi connectivity index (χ2v) is 5.71. The molecular formula is C14H21BrN2O2. The average Bonchev–Trinajstić information content (AvgIpc) is 2.85. The monoisotopic (exact) mass is 328 g/mol. The Bertz CT molecular complexity index is 426. The molecule has 0 aliphatic carbocycles. The standard InChI is InChI=1S/C14H21BrN2O2/c1-2-4-18-9-13(17-16)8-11-7-12(15)6-10-3-5-19-14(10)11/h6-7,13,17H,2-5,8-9,16H2,1H3. The Labute approximate surface area is 122 Å². The highest BCUT2D eigenvalue weighted by molar-refractivity contribution is 9.10. The van der Waals surface area contributed by atoms with Crippen LogP contribution in [0.1, 0.15) is 24.5 Å². The van der Waals surface area contributed by atoms with E-state index in [0.29, 0.717) is 6.61 Å². The van der Waals surface area contributed by atoms with Gasteiger partial charge in [0.05, 0.1) is 13.2 Å². The lowest BCUT2D eigenvalue weighted by atomic mass is 10.0. The molecule has 0 radical (unpaired) electrons. The topological polar surface area (TPSA) is 56.5 Å². The van der Waals surface area contributed by atoms with Gasteiger partial charge >= 0.3 is 0 Å². The Kier molecular flexibility index (Phi) is 5.63. The maximum Gasteiger partial charge on any atom is 0.125 e. The summed E-state index contributed by atoms with van der Waals surface area (Å²) >= 11 is 3.55. The van der Waals surface area contributed by atoms with E-state index in [0.717, 1.165) is 42.7 Å². The Hall–Kier alpha value is -0.620. The summed E-state index contributed by atoms with van der Waals surface area (Å²) in [5.41, 5.74) is 5.28. The number of fused-ring (bicyclic) bond motifs is 1. The third kappa shape index (κ3) is 3.92. The molecule has 0 saturated carbocycles. The lowest BCUT2D eigenvalue weighted by Gasteiger charge is -2.18. The number of benzene rings is 1. The van der Waals surface area contributed by atoms with Crippen molar-refractivity contribution in [1.29, 1.82) is 0 Å². The molecule has 0 amide bonds. The van der Waals surface area contributed by atoms with Crippen molar-refractivity contribution in [3.05, 3.63) is 27.7 Å². The number of nitrogens with one attached hydrogen (secondary N) is 1. The molecule has 1 aliphatic rings. The fourth-order valence-corrected chi connectivity index (χ4v) is 2.85. The molecule has 1 aliphatic heterocycles. The molecule has 0 aromatic heterocycles. The van der Waals surface area contributed by atoms with Gasteiger partial charge in [0.15, 0.2) is 0 Å². The van der Waals surface area contributed by atoms with Gasteiger partial charge in [-0.25, -0.2) is 0 Å². The number of hydrogen-bond donors (Lipinski definition) is 2. The zero-order valence-corrected chi connectivity index (χ0v) is 12.8. The fourth-order valence-electron chi connectivity index (χ4n) is 2.30. The van der Waals surface area contributed by atoms with Crippen molar-refractivity contribution in [3.63, 3.8) is 0 Å². The van der Waals surface area contributed by atoms with E-state index in [1.165, 1.54) is 11.1 Å². The Balaban J connectivity index is 2.05. The zero-order valence-electron chi connectivity index (χ0n) is 11.2. The lowest BCUT2D eigenvalue weighted by molar-refractivity contribution is 0.111. The van der Waals surface area contributed by atoms with E-state index >= 15 is 0 Å². The largest absolute Gasteiger partial charge is 0.493 e. The normalized spacial score (nSPS) is 15.1. The van der Waals surface area contributed by atoms with Gasteiger partial charge in [0.25, 0.3) is 0 Å². The minimum absolute atomic E-state index is 0.106. The molecule has 106 valence electrons. The summed E-state index contributed by atoms with van der Waals surface area (Å²) in [7, 11) is 0. The minimum atomic E-state index is 0.106. The number of ether oxygens (including phenoxy) is 2. The highest BCUT2D eigenvalue weighted by Gasteiger charge is 2.19. The van der Waals surface area contributed by atoms with E-state index in [1.807, 2.05) is 0 Å². The molecule has 1 unspecified atom stereocenters. The van der Waals surface area contributed by atoms with E-state index in [9.17, 15) is 0 Å². The average molecular weight is 329 g/mol. The molecular weight excluding hydrogens is 308 g/mol.